The van der Waals surface area contributed by atoms with Crippen molar-refractivity contribution in [2.24, 2.45) is 0 Å². The van der Waals surface area contributed by atoms with Crippen LogP contribution in [0.3, 0.4) is 0 Å². The number of nitrogens with one attached hydrogen (secondary N) is 1. The van der Waals surface area contributed by atoms with E-state index in [1.807, 2.05) is 42.5 Å². The number of hydrogen-bond acceptors (Lipinski definition) is 2. The van der Waals surface area contributed by atoms with Crippen molar-refractivity contribution in [1.29, 1.82) is 0 Å². The second-order valence-electron chi connectivity index (χ2n) is 9.62. The van der Waals surface area contributed by atoms with Gasteiger partial charge in [0, 0.05) is 19.5 Å². The van der Waals surface area contributed by atoms with Gasteiger partial charge in [-0.15, -0.1) is 0 Å². The molecule has 4 heteroatoms. The van der Waals surface area contributed by atoms with E-state index in [-0.39, 0.29) is 5.91 Å². The molecule has 1 amide bonds. The molecule has 6 rings (SSSR count). The minimum atomic E-state index is 0.0228. The highest BCUT2D eigenvalue weighted by molar-refractivity contribution is 5.83. The molecule has 1 aromatic heterocycles. The van der Waals surface area contributed by atoms with Crippen molar-refractivity contribution >= 4 is 27.7 Å². The Morgan fingerprint density at radius 3 is 2.21 bits per heavy atom. The fourth-order valence-corrected chi connectivity index (χ4v) is 5.02. The average Bonchev–Trinajstić information content (AvgIpc) is 3.31. The van der Waals surface area contributed by atoms with Gasteiger partial charge in [-0.2, -0.15) is 0 Å². The molecule has 38 heavy (non-hydrogen) atoms. The lowest BCUT2D eigenvalue weighted by molar-refractivity contribution is -0.120. The third-order valence-corrected chi connectivity index (χ3v) is 6.98. The summed E-state index contributed by atoms with van der Waals surface area (Å²) in [4.78, 5) is 17.6. The van der Waals surface area contributed by atoms with Crippen molar-refractivity contribution in [2.75, 3.05) is 6.54 Å². The molecule has 0 unspecified atom stereocenters. The lowest BCUT2D eigenvalue weighted by Crippen LogP contribution is -2.28. The zero-order chi connectivity index (χ0) is 25.7. The third kappa shape index (κ3) is 5.21. The summed E-state index contributed by atoms with van der Waals surface area (Å²) in [6.45, 7) is 1.28. The van der Waals surface area contributed by atoms with Gasteiger partial charge in [-0.1, -0.05) is 103 Å². The van der Waals surface area contributed by atoms with Crippen molar-refractivity contribution in [1.82, 2.24) is 14.9 Å². The fraction of sp³-hybridized carbons (Fsp3) is 0.118. The predicted octanol–water partition coefficient (Wildman–Crippen LogP) is 6.81. The first kappa shape index (κ1) is 23.7. The van der Waals surface area contributed by atoms with Crippen LogP contribution in [-0.2, 0) is 24.2 Å². The molecule has 6 aromatic rings. The smallest absolute Gasteiger partial charge is 0.224 e. The summed E-state index contributed by atoms with van der Waals surface area (Å²) in [6.07, 6.45) is 1.03. The van der Waals surface area contributed by atoms with E-state index >= 15 is 0 Å². The molecular weight excluding hydrogens is 466 g/mol. The van der Waals surface area contributed by atoms with Crippen LogP contribution in [0.2, 0.25) is 0 Å². The summed E-state index contributed by atoms with van der Waals surface area (Å²) in [7, 11) is 0. The average molecular weight is 496 g/mol. The number of imidazole rings is 1. The van der Waals surface area contributed by atoms with E-state index in [0.29, 0.717) is 19.4 Å². The van der Waals surface area contributed by atoms with Gasteiger partial charge in [-0.3, -0.25) is 4.79 Å². The Morgan fingerprint density at radius 1 is 0.684 bits per heavy atom. The van der Waals surface area contributed by atoms with Gasteiger partial charge in [-0.25, -0.2) is 4.98 Å². The molecule has 0 fully saturated rings. The number of para-hydroxylation sites is 2. The van der Waals surface area contributed by atoms with Crippen molar-refractivity contribution in [3.05, 3.63) is 138 Å². The zero-order valence-electron chi connectivity index (χ0n) is 21.2. The van der Waals surface area contributed by atoms with Crippen LogP contribution in [0, 0.1) is 0 Å². The Balaban J connectivity index is 1.12. The fourth-order valence-electron chi connectivity index (χ4n) is 5.02. The number of carbonyl (C=O) groups is 1. The molecule has 0 radical (unpaired) electrons. The highest BCUT2D eigenvalue weighted by Crippen LogP contribution is 2.22. The first-order valence-corrected chi connectivity index (χ1v) is 13.1. The van der Waals surface area contributed by atoms with Gasteiger partial charge in [0.25, 0.3) is 0 Å². The summed E-state index contributed by atoms with van der Waals surface area (Å²) in [5.41, 5.74) is 6.66. The lowest BCUT2D eigenvalue weighted by Gasteiger charge is -2.11. The van der Waals surface area contributed by atoms with Crippen molar-refractivity contribution in [3.8, 4) is 11.1 Å². The topological polar surface area (TPSA) is 46.9 Å². The van der Waals surface area contributed by atoms with Crippen LogP contribution in [-0.4, -0.2) is 22.0 Å². The molecule has 1 heterocycles. The van der Waals surface area contributed by atoms with Gasteiger partial charge in [0.1, 0.15) is 5.82 Å². The van der Waals surface area contributed by atoms with E-state index in [4.69, 9.17) is 4.98 Å². The van der Waals surface area contributed by atoms with E-state index in [1.54, 1.807) is 0 Å². The first-order chi connectivity index (χ1) is 18.7. The minimum absolute atomic E-state index is 0.0228. The molecule has 0 bridgehead atoms. The maximum atomic E-state index is 12.7. The summed E-state index contributed by atoms with van der Waals surface area (Å²) in [6, 6.07) is 41.8. The molecule has 0 saturated heterocycles. The molecule has 0 spiro atoms. The summed E-state index contributed by atoms with van der Waals surface area (Å²) >= 11 is 0. The SMILES string of the molecule is O=C(Cc1ccc(-c2ccccc2)cc1)NCCc1nc2ccccc2n1Cc1ccc2ccccc2c1. The van der Waals surface area contributed by atoms with Crippen LogP contribution < -0.4 is 5.32 Å². The Hall–Kier alpha value is -4.70. The van der Waals surface area contributed by atoms with Crippen molar-refractivity contribution < 1.29 is 4.79 Å². The van der Waals surface area contributed by atoms with Gasteiger partial charge in [-0.05, 0) is 51.2 Å². The Morgan fingerprint density at radius 2 is 1.37 bits per heavy atom. The Kier molecular flexibility index (Phi) is 6.69. The van der Waals surface area contributed by atoms with E-state index in [0.717, 1.165) is 34.5 Å². The summed E-state index contributed by atoms with van der Waals surface area (Å²) < 4.78 is 2.27. The number of rotatable bonds is 8. The summed E-state index contributed by atoms with van der Waals surface area (Å²) in [5, 5.41) is 5.57. The van der Waals surface area contributed by atoms with Crippen LogP contribution in [0.1, 0.15) is 17.0 Å². The standard InChI is InChI=1S/C34H29N3O/c38-34(23-25-14-17-29(18-15-25)27-8-2-1-3-9-27)35-21-20-33-36-31-12-6-7-13-32(31)37(33)24-26-16-19-28-10-4-5-11-30(28)22-26/h1-19,22H,20-21,23-24H2,(H,35,38). The van der Waals surface area contributed by atoms with Crippen molar-refractivity contribution in [2.45, 2.75) is 19.4 Å². The molecule has 0 aliphatic rings. The van der Waals surface area contributed by atoms with Gasteiger partial charge in [0.15, 0.2) is 0 Å². The molecule has 0 aliphatic heterocycles. The van der Waals surface area contributed by atoms with Gasteiger partial charge in [0.05, 0.1) is 17.5 Å². The maximum Gasteiger partial charge on any atom is 0.224 e. The monoisotopic (exact) mass is 495 g/mol. The normalized spacial score (nSPS) is 11.2. The van der Waals surface area contributed by atoms with Crippen LogP contribution in [0.5, 0.6) is 0 Å². The molecule has 0 saturated carbocycles. The van der Waals surface area contributed by atoms with Gasteiger partial charge < -0.3 is 9.88 Å². The van der Waals surface area contributed by atoms with E-state index in [2.05, 4.69) is 88.7 Å². The molecule has 0 aliphatic carbocycles. The number of nitrogens with zero attached hydrogens (tertiary/aromatic N) is 2. The number of hydrogen-bond donors (Lipinski definition) is 1. The van der Waals surface area contributed by atoms with Gasteiger partial charge >= 0.3 is 0 Å². The molecular formula is C34H29N3O. The van der Waals surface area contributed by atoms with E-state index in [9.17, 15) is 4.79 Å². The lowest BCUT2D eigenvalue weighted by atomic mass is 10.0. The predicted molar refractivity (Wildman–Crippen MR) is 155 cm³/mol. The highest BCUT2D eigenvalue weighted by Gasteiger charge is 2.12. The molecule has 5 aromatic carbocycles. The van der Waals surface area contributed by atoms with Gasteiger partial charge in [0.2, 0.25) is 5.91 Å². The molecule has 186 valence electrons. The van der Waals surface area contributed by atoms with Crippen LogP contribution in [0.4, 0.5) is 0 Å². The number of carbonyl (C=O) groups excluding carboxylic acids is 1. The quantitative estimate of drug-likeness (QED) is 0.252. The Labute approximate surface area is 222 Å². The first-order valence-electron chi connectivity index (χ1n) is 13.1. The highest BCUT2D eigenvalue weighted by atomic mass is 16.1. The second kappa shape index (κ2) is 10.7. The van der Waals surface area contributed by atoms with Crippen LogP contribution in [0.15, 0.2) is 121 Å². The number of aromatic nitrogens is 2. The molecule has 4 nitrogen and oxygen atoms in total. The van der Waals surface area contributed by atoms with E-state index < -0.39 is 0 Å². The number of fused-ring (bicyclic) bond motifs is 2. The van der Waals surface area contributed by atoms with Crippen molar-refractivity contribution in [3.63, 3.8) is 0 Å². The molecule has 0 atom stereocenters. The number of benzene rings is 5. The number of amides is 1. The maximum absolute atomic E-state index is 12.7. The Bertz CT molecular complexity index is 1700. The largest absolute Gasteiger partial charge is 0.355 e. The zero-order valence-corrected chi connectivity index (χ0v) is 21.2. The van der Waals surface area contributed by atoms with Crippen LogP contribution >= 0.6 is 0 Å². The van der Waals surface area contributed by atoms with Crippen LogP contribution in [0.25, 0.3) is 32.9 Å². The molecule has 1 N–H and O–H groups in total. The third-order valence-electron chi connectivity index (χ3n) is 6.98. The minimum Gasteiger partial charge on any atom is -0.355 e. The summed E-state index contributed by atoms with van der Waals surface area (Å²) in [5.74, 6) is 1.00. The second-order valence-corrected chi connectivity index (χ2v) is 9.62. The van der Waals surface area contributed by atoms with E-state index in [1.165, 1.54) is 21.9 Å².